The summed E-state index contributed by atoms with van der Waals surface area (Å²) in [6, 6.07) is 0. The highest BCUT2D eigenvalue weighted by atomic mass is 15.2. The lowest BCUT2D eigenvalue weighted by molar-refractivity contribution is 0.423. The maximum atomic E-state index is 4.74. The zero-order chi connectivity index (χ0) is 15.5. The average molecular weight is 290 g/mol. The van der Waals surface area contributed by atoms with Crippen molar-refractivity contribution in [2.75, 3.05) is 18.0 Å². The third-order valence-electron chi connectivity index (χ3n) is 4.18. The van der Waals surface area contributed by atoms with Gasteiger partial charge >= 0.3 is 0 Å². The van der Waals surface area contributed by atoms with E-state index in [0.717, 1.165) is 37.2 Å². The Bertz CT molecular complexity index is 464. The van der Waals surface area contributed by atoms with Crippen LogP contribution in [0.3, 0.4) is 0 Å². The molecule has 2 heterocycles. The molecule has 0 radical (unpaired) electrons. The van der Waals surface area contributed by atoms with Crippen molar-refractivity contribution < 1.29 is 0 Å². The van der Waals surface area contributed by atoms with Crippen LogP contribution in [-0.4, -0.2) is 28.6 Å². The summed E-state index contributed by atoms with van der Waals surface area (Å²) in [4.78, 5) is 11.7. The van der Waals surface area contributed by atoms with Gasteiger partial charge < -0.3 is 10.2 Å². The van der Waals surface area contributed by atoms with E-state index in [1.165, 1.54) is 24.8 Å². The number of hydrogen-bond donors (Lipinski definition) is 1. The van der Waals surface area contributed by atoms with Gasteiger partial charge in [-0.15, -0.1) is 0 Å². The quantitative estimate of drug-likeness (QED) is 0.927. The van der Waals surface area contributed by atoms with Crippen LogP contribution >= 0.6 is 0 Å². The maximum absolute atomic E-state index is 4.74. The summed E-state index contributed by atoms with van der Waals surface area (Å²) in [5.41, 5.74) is 2.40. The van der Waals surface area contributed by atoms with Crippen molar-refractivity contribution in [3.05, 3.63) is 17.5 Å². The van der Waals surface area contributed by atoms with Crippen molar-refractivity contribution in [1.29, 1.82) is 0 Å². The van der Waals surface area contributed by atoms with E-state index in [2.05, 4.69) is 49.8 Å². The van der Waals surface area contributed by atoms with Crippen LogP contribution in [0.1, 0.15) is 58.2 Å². The van der Waals surface area contributed by atoms with E-state index in [4.69, 9.17) is 4.98 Å². The highest BCUT2D eigenvalue weighted by Gasteiger charge is 2.17. The number of anilines is 1. The molecule has 1 N–H and O–H groups in total. The molecule has 1 unspecified atom stereocenters. The predicted molar refractivity (Wildman–Crippen MR) is 88.6 cm³/mol. The Balaban J connectivity index is 2.04. The van der Waals surface area contributed by atoms with Crippen molar-refractivity contribution in [2.24, 2.45) is 5.92 Å². The molecule has 4 nitrogen and oxygen atoms in total. The van der Waals surface area contributed by atoms with E-state index in [0.29, 0.717) is 0 Å². The fourth-order valence-electron chi connectivity index (χ4n) is 2.63. The fourth-order valence-corrected chi connectivity index (χ4v) is 2.63. The van der Waals surface area contributed by atoms with Gasteiger partial charge in [0.1, 0.15) is 0 Å². The average Bonchev–Trinajstić information content (AvgIpc) is 2.61. The summed E-state index contributed by atoms with van der Waals surface area (Å²) in [5, 5.41) is 3.50. The van der Waals surface area contributed by atoms with Gasteiger partial charge in [-0.25, -0.2) is 9.97 Å². The number of aromatic nitrogens is 2. The third-order valence-corrected chi connectivity index (χ3v) is 4.18. The SMILES string of the molecule is Cc1nc(N2CCCC(C)CC2)ncc1CNC(C)(C)C. The van der Waals surface area contributed by atoms with Crippen LogP contribution in [0.25, 0.3) is 0 Å². The first kappa shape index (κ1) is 16.2. The van der Waals surface area contributed by atoms with Gasteiger partial charge in [0.05, 0.1) is 0 Å². The van der Waals surface area contributed by atoms with Crippen molar-refractivity contribution in [1.82, 2.24) is 15.3 Å². The zero-order valence-corrected chi connectivity index (χ0v) is 14.2. The molecule has 1 aromatic rings. The minimum absolute atomic E-state index is 0.117. The predicted octanol–water partition coefficient (Wildman–Crippen LogP) is 3.30. The Morgan fingerprint density at radius 1 is 1.29 bits per heavy atom. The first-order chi connectivity index (χ1) is 9.85. The van der Waals surface area contributed by atoms with Crippen LogP contribution in [0.4, 0.5) is 5.95 Å². The fraction of sp³-hybridized carbons (Fsp3) is 0.765. The molecular formula is C17H30N4. The van der Waals surface area contributed by atoms with E-state index in [1.54, 1.807) is 0 Å². The summed E-state index contributed by atoms with van der Waals surface area (Å²) in [6.07, 6.45) is 5.81. The van der Waals surface area contributed by atoms with Gasteiger partial charge in [0.2, 0.25) is 5.95 Å². The smallest absolute Gasteiger partial charge is 0.225 e. The standard InChI is InChI=1S/C17H30N4/c1-13-7-6-9-21(10-8-13)16-18-11-15(14(2)20-16)12-19-17(3,4)5/h11,13,19H,6-10,12H2,1-5H3. The van der Waals surface area contributed by atoms with E-state index >= 15 is 0 Å². The molecule has 4 heteroatoms. The minimum Gasteiger partial charge on any atom is -0.341 e. The van der Waals surface area contributed by atoms with Gasteiger partial charge in [0.15, 0.2) is 0 Å². The molecule has 1 atom stereocenters. The van der Waals surface area contributed by atoms with Gasteiger partial charge in [0.25, 0.3) is 0 Å². The minimum atomic E-state index is 0.117. The zero-order valence-electron chi connectivity index (χ0n) is 14.2. The Kier molecular flexibility index (Phi) is 5.20. The molecule has 0 saturated carbocycles. The van der Waals surface area contributed by atoms with Crippen LogP contribution in [0.2, 0.25) is 0 Å². The topological polar surface area (TPSA) is 41.1 Å². The van der Waals surface area contributed by atoms with E-state index < -0.39 is 0 Å². The van der Waals surface area contributed by atoms with Gasteiger partial charge in [-0.3, -0.25) is 0 Å². The molecule has 118 valence electrons. The summed E-state index contributed by atoms with van der Waals surface area (Å²) < 4.78 is 0. The molecule has 0 aromatic carbocycles. The van der Waals surface area contributed by atoms with Gasteiger partial charge in [-0.1, -0.05) is 6.92 Å². The van der Waals surface area contributed by atoms with E-state index in [1.807, 2.05) is 6.20 Å². The van der Waals surface area contributed by atoms with E-state index in [-0.39, 0.29) is 5.54 Å². The summed E-state index contributed by atoms with van der Waals surface area (Å²) in [5.74, 6) is 1.73. The molecule has 0 bridgehead atoms. The van der Waals surface area contributed by atoms with Crippen molar-refractivity contribution >= 4 is 5.95 Å². The summed E-state index contributed by atoms with van der Waals surface area (Å²) >= 11 is 0. The second kappa shape index (κ2) is 6.73. The lowest BCUT2D eigenvalue weighted by Crippen LogP contribution is -2.35. The van der Waals surface area contributed by atoms with Crippen molar-refractivity contribution in [2.45, 2.75) is 66.0 Å². The monoisotopic (exact) mass is 290 g/mol. The Morgan fingerprint density at radius 2 is 2.05 bits per heavy atom. The van der Waals surface area contributed by atoms with E-state index in [9.17, 15) is 0 Å². The first-order valence-corrected chi connectivity index (χ1v) is 8.17. The first-order valence-electron chi connectivity index (χ1n) is 8.17. The van der Waals surface area contributed by atoms with Crippen LogP contribution in [-0.2, 0) is 6.54 Å². The van der Waals surface area contributed by atoms with Crippen LogP contribution in [0, 0.1) is 12.8 Å². The number of nitrogens with one attached hydrogen (secondary N) is 1. The normalized spacial score (nSPS) is 20.4. The highest BCUT2D eigenvalue weighted by Crippen LogP contribution is 2.20. The largest absolute Gasteiger partial charge is 0.341 e. The van der Waals surface area contributed by atoms with Crippen LogP contribution in [0.5, 0.6) is 0 Å². The summed E-state index contributed by atoms with van der Waals surface area (Å²) in [6.45, 7) is 14.0. The Morgan fingerprint density at radius 3 is 2.71 bits per heavy atom. The third kappa shape index (κ3) is 4.95. The number of nitrogens with zero attached hydrogens (tertiary/aromatic N) is 3. The number of rotatable bonds is 3. The number of aryl methyl sites for hydroxylation is 1. The van der Waals surface area contributed by atoms with Gasteiger partial charge in [-0.05, 0) is 52.9 Å². The Hall–Kier alpha value is -1.16. The molecular weight excluding hydrogens is 260 g/mol. The summed E-state index contributed by atoms with van der Waals surface area (Å²) in [7, 11) is 0. The molecule has 1 saturated heterocycles. The van der Waals surface area contributed by atoms with Crippen molar-refractivity contribution in [3.8, 4) is 0 Å². The molecule has 0 aliphatic carbocycles. The lowest BCUT2D eigenvalue weighted by atomic mass is 10.0. The molecule has 0 spiro atoms. The molecule has 1 aliphatic rings. The molecule has 1 aliphatic heterocycles. The second-order valence-electron chi connectivity index (χ2n) is 7.41. The second-order valence-corrected chi connectivity index (χ2v) is 7.41. The molecule has 1 aromatic heterocycles. The van der Waals surface area contributed by atoms with Gasteiger partial charge in [0, 0.05) is 42.6 Å². The lowest BCUT2D eigenvalue weighted by Gasteiger charge is -2.23. The van der Waals surface area contributed by atoms with Crippen molar-refractivity contribution in [3.63, 3.8) is 0 Å². The highest BCUT2D eigenvalue weighted by molar-refractivity contribution is 5.33. The molecule has 1 fully saturated rings. The Labute approximate surface area is 129 Å². The van der Waals surface area contributed by atoms with Gasteiger partial charge in [-0.2, -0.15) is 0 Å². The molecule has 2 rings (SSSR count). The molecule has 0 amide bonds. The van der Waals surface area contributed by atoms with Crippen LogP contribution in [0.15, 0.2) is 6.20 Å². The molecule has 21 heavy (non-hydrogen) atoms. The number of hydrogen-bond acceptors (Lipinski definition) is 4. The van der Waals surface area contributed by atoms with Crippen LogP contribution < -0.4 is 10.2 Å². The maximum Gasteiger partial charge on any atom is 0.225 e.